The number of benzene rings is 1. The molecule has 0 atom stereocenters. The normalized spacial score (nSPS) is 16.0. The van der Waals surface area contributed by atoms with Gasteiger partial charge in [-0.2, -0.15) is 0 Å². The number of carbonyl (C=O) groups excluding carboxylic acids is 1. The molecule has 1 aliphatic rings. The van der Waals surface area contributed by atoms with Crippen molar-refractivity contribution in [3.05, 3.63) is 42.2 Å². The van der Waals surface area contributed by atoms with Gasteiger partial charge in [-0.15, -0.1) is 0 Å². The van der Waals surface area contributed by atoms with E-state index in [4.69, 9.17) is 0 Å². The second-order valence-corrected chi connectivity index (χ2v) is 6.71. The third kappa shape index (κ3) is 3.24. The van der Waals surface area contributed by atoms with Crippen LogP contribution in [0.3, 0.4) is 0 Å². The molecule has 25 heavy (non-hydrogen) atoms. The van der Waals surface area contributed by atoms with Crippen LogP contribution >= 0.6 is 0 Å². The summed E-state index contributed by atoms with van der Waals surface area (Å²) in [6.07, 6.45) is 3.12. The summed E-state index contributed by atoms with van der Waals surface area (Å²) >= 11 is 0. The molecule has 3 heterocycles. The Morgan fingerprint density at radius 2 is 1.92 bits per heavy atom. The molecule has 1 aromatic carbocycles. The van der Waals surface area contributed by atoms with Gasteiger partial charge in [0.05, 0.1) is 11.7 Å². The van der Waals surface area contributed by atoms with Gasteiger partial charge in [0.15, 0.2) is 0 Å². The lowest BCUT2D eigenvalue weighted by Crippen LogP contribution is -2.48. The van der Waals surface area contributed by atoms with Crippen LogP contribution in [0.2, 0.25) is 0 Å². The fraction of sp³-hybridized carbons (Fsp3) is 0.400. The number of para-hydroxylation sites is 1. The number of amides is 1. The molecule has 0 unspecified atom stereocenters. The molecule has 130 valence electrons. The summed E-state index contributed by atoms with van der Waals surface area (Å²) < 4.78 is 0. The summed E-state index contributed by atoms with van der Waals surface area (Å²) in [5.74, 6) is 0.247. The van der Waals surface area contributed by atoms with Crippen molar-refractivity contribution >= 4 is 27.7 Å². The molecule has 0 saturated carbocycles. The first kappa shape index (κ1) is 16.1. The maximum absolute atomic E-state index is 12.5. The average Bonchev–Trinajstić information content (AvgIpc) is 3.04. The molecule has 1 aliphatic heterocycles. The highest BCUT2D eigenvalue weighted by Gasteiger charge is 2.20. The zero-order valence-electron chi connectivity index (χ0n) is 14.7. The second kappa shape index (κ2) is 6.84. The van der Waals surface area contributed by atoms with Crippen molar-refractivity contribution in [2.24, 2.45) is 0 Å². The van der Waals surface area contributed by atoms with Gasteiger partial charge < -0.3 is 14.8 Å². The van der Waals surface area contributed by atoms with Gasteiger partial charge in [-0.25, -0.2) is 0 Å². The van der Waals surface area contributed by atoms with Crippen molar-refractivity contribution < 1.29 is 4.79 Å². The predicted molar refractivity (Wildman–Crippen MR) is 101 cm³/mol. The average molecular weight is 336 g/mol. The minimum absolute atomic E-state index is 0.247. The summed E-state index contributed by atoms with van der Waals surface area (Å²) in [7, 11) is 0. The topological polar surface area (TPSA) is 52.2 Å². The van der Waals surface area contributed by atoms with E-state index in [1.54, 1.807) is 0 Å². The van der Waals surface area contributed by atoms with E-state index < -0.39 is 0 Å². The molecule has 0 aliphatic carbocycles. The van der Waals surface area contributed by atoms with Crippen LogP contribution in [-0.4, -0.2) is 58.4 Å². The molecule has 4 rings (SSSR count). The van der Waals surface area contributed by atoms with E-state index in [9.17, 15) is 4.79 Å². The molecular weight excluding hydrogens is 312 g/mol. The fourth-order valence-electron chi connectivity index (χ4n) is 3.64. The Bertz CT molecular complexity index is 893. The number of likely N-dealkylation sites (N-methyl/N-ethyl adjacent to an activating group) is 1. The number of fused-ring (bicyclic) bond motifs is 3. The maximum atomic E-state index is 12.5. The van der Waals surface area contributed by atoms with Crippen LogP contribution in [0.5, 0.6) is 0 Å². The number of carbonyl (C=O) groups is 1. The fourth-order valence-corrected chi connectivity index (χ4v) is 3.64. The zero-order chi connectivity index (χ0) is 17.2. The van der Waals surface area contributed by atoms with Gasteiger partial charge in [-0.1, -0.05) is 25.1 Å². The van der Waals surface area contributed by atoms with Gasteiger partial charge in [-0.05, 0) is 25.1 Å². The van der Waals surface area contributed by atoms with Crippen molar-refractivity contribution in [3.8, 4) is 0 Å². The summed E-state index contributed by atoms with van der Waals surface area (Å²) in [4.78, 5) is 24.8. The molecule has 3 aromatic rings. The summed E-state index contributed by atoms with van der Waals surface area (Å²) in [6.45, 7) is 6.91. The maximum Gasteiger partial charge on any atom is 0.223 e. The van der Waals surface area contributed by atoms with E-state index in [1.807, 2.05) is 17.2 Å². The Hall–Kier alpha value is -2.40. The first-order valence-corrected chi connectivity index (χ1v) is 9.10. The first-order valence-electron chi connectivity index (χ1n) is 9.10. The number of aryl methyl sites for hydroxylation is 1. The third-order valence-corrected chi connectivity index (χ3v) is 5.21. The summed E-state index contributed by atoms with van der Waals surface area (Å²) in [5, 5.41) is 2.40. The number of piperazine rings is 1. The molecule has 1 amide bonds. The van der Waals surface area contributed by atoms with Gasteiger partial charge in [0.25, 0.3) is 0 Å². The Labute approximate surface area is 147 Å². The number of hydrogen-bond acceptors (Lipinski definition) is 3. The lowest BCUT2D eigenvalue weighted by molar-refractivity contribution is -0.132. The van der Waals surface area contributed by atoms with Gasteiger partial charge in [0, 0.05) is 54.6 Å². The third-order valence-electron chi connectivity index (χ3n) is 5.21. The smallest absolute Gasteiger partial charge is 0.223 e. The standard InChI is InChI=1S/C20H24N4O/c1-2-23-9-11-24(12-10-23)20(25)8-7-15-13-17-16-5-3-4-6-18(16)22-19(17)14-21-15/h3-6,13-14,22H,2,7-12H2,1H3. The molecule has 0 spiro atoms. The van der Waals surface area contributed by atoms with Crippen LogP contribution in [0.4, 0.5) is 0 Å². The number of nitrogens with zero attached hydrogens (tertiary/aromatic N) is 3. The molecule has 0 bridgehead atoms. The number of aromatic amines is 1. The highest BCUT2D eigenvalue weighted by molar-refractivity contribution is 6.06. The van der Waals surface area contributed by atoms with Crippen LogP contribution in [-0.2, 0) is 11.2 Å². The van der Waals surface area contributed by atoms with E-state index in [-0.39, 0.29) is 5.91 Å². The van der Waals surface area contributed by atoms with E-state index in [2.05, 4.69) is 46.1 Å². The van der Waals surface area contributed by atoms with E-state index >= 15 is 0 Å². The van der Waals surface area contributed by atoms with Gasteiger partial charge in [0.2, 0.25) is 5.91 Å². The molecule has 2 aromatic heterocycles. The van der Waals surface area contributed by atoms with Crippen LogP contribution in [0.1, 0.15) is 19.0 Å². The van der Waals surface area contributed by atoms with Gasteiger partial charge in [0.1, 0.15) is 0 Å². The van der Waals surface area contributed by atoms with E-state index in [0.29, 0.717) is 12.8 Å². The van der Waals surface area contributed by atoms with E-state index in [0.717, 1.165) is 49.5 Å². The first-order chi connectivity index (χ1) is 12.2. The number of H-pyrrole nitrogens is 1. The minimum atomic E-state index is 0.247. The number of hydrogen-bond donors (Lipinski definition) is 1. The van der Waals surface area contributed by atoms with Crippen molar-refractivity contribution in [2.75, 3.05) is 32.7 Å². The van der Waals surface area contributed by atoms with Crippen LogP contribution < -0.4 is 0 Å². The molecule has 5 nitrogen and oxygen atoms in total. The van der Waals surface area contributed by atoms with Crippen molar-refractivity contribution in [3.63, 3.8) is 0 Å². The zero-order valence-corrected chi connectivity index (χ0v) is 14.7. The Kier molecular flexibility index (Phi) is 4.40. The lowest BCUT2D eigenvalue weighted by Gasteiger charge is -2.34. The predicted octanol–water partition coefficient (Wildman–Crippen LogP) is 2.81. The largest absolute Gasteiger partial charge is 0.353 e. The summed E-state index contributed by atoms with van der Waals surface area (Å²) in [5.41, 5.74) is 3.16. The molecule has 1 N–H and O–H groups in total. The second-order valence-electron chi connectivity index (χ2n) is 6.71. The highest BCUT2D eigenvalue weighted by Crippen LogP contribution is 2.25. The van der Waals surface area contributed by atoms with Crippen molar-refractivity contribution in [2.45, 2.75) is 19.8 Å². The Morgan fingerprint density at radius 1 is 1.12 bits per heavy atom. The SMILES string of the molecule is CCN1CCN(C(=O)CCc2cc3c(cn2)[nH]c2ccccc23)CC1. The van der Waals surface area contributed by atoms with Crippen LogP contribution in [0, 0.1) is 0 Å². The number of pyridine rings is 1. The molecule has 1 fully saturated rings. The summed E-state index contributed by atoms with van der Waals surface area (Å²) in [6, 6.07) is 10.4. The monoisotopic (exact) mass is 336 g/mol. The Balaban J connectivity index is 1.44. The van der Waals surface area contributed by atoms with E-state index in [1.165, 1.54) is 10.8 Å². The highest BCUT2D eigenvalue weighted by atomic mass is 16.2. The molecular formula is C20H24N4O. The molecule has 1 saturated heterocycles. The number of aromatic nitrogens is 2. The quantitative estimate of drug-likeness (QED) is 0.797. The lowest BCUT2D eigenvalue weighted by atomic mass is 10.1. The molecule has 0 radical (unpaired) electrons. The van der Waals surface area contributed by atoms with Crippen LogP contribution in [0.25, 0.3) is 21.8 Å². The van der Waals surface area contributed by atoms with Gasteiger partial charge in [-0.3, -0.25) is 9.78 Å². The number of rotatable bonds is 4. The molecule has 5 heteroatoms. The number of nitrogens with one attached hydrogen (secondary N) is 1. The van der Waals surface area contributed by atoms with Gasteiger partial charge >= 0.3 is 0 Å². The van der Waals surface area contributed by atoms with Crippen molar-refractivity contribution in [1.82, 2.24) is 19.8 Å². The minimum Gasteiger partial charge on any atom is -0.353 e. The Morgan fingerprint density at radius 3 is 2.72 bits per heavy atom. The van der Waals surface area contributed by atoms with Crippen LogP contribution in [0.15, 0.2) is 36.5 Å². The van der Waals surface area contributed by atoms with Crippen molar-refractivity contribution in [1.29, 1.82) is 0 Å².